The van der Waals surface area contributed by atoms with E-state index >= 15 is 0 Å². The molecule has 3 heteroatoms. The van der Waals surface area contributed by atoms with Crippen LogP contribution in [0.1, 0.15) is 19.8 Å². The molecule has 2 aliphatic heterocycles. The number of piperidine rings is 1. The van der Waals surface area contributed by atoms with E-state index in [1.54, 1.807) is 0 Å². The molecule has 0 aromatic carbocycles. The van der Waals surface area contributed by atoms with Crippen LogP contribution >= 0.6 is 0 Å². The minimum Gasteiger partial charge on any atom is -0.340 e. The highest BCUT2D eigenvalue weighted by atomic mass is 15.2. The molecule has 1 N–H and O–H groups in total. The zero-order chi connectivity index (χ0) is 7.84. The van der Waals surface area contributed by atoms with Crippen molar-refractivity contribution >= 4 is 7.41 Å². The summed E-state index contributed by atoms with van der Waals surface area (Å²) in [6.07, 6.45) is 4.15. The summed E-state index contributed by atoms with van der Waals surface area (Å²) in [6.45, 7) is 2.36. The fraction of sp³-hybridized carbons (Fsp3) is 1.00. The Kier molecular flexibility index (Phi) is 1.94. The first-order valence-corrected chi connectivity index (χ1v) is 4.74. The molecule has 0 radical (unpaired) electrons. The molecule has 0 saturated carbocycles. The predicted octanol–water partition coefficient (Wildman–Crippen LogP) is 0.211. The third-order valence-corrected chi connectivity index (χ3v) is 3.35. The van der Waals surface area contributed by atoms with Gasteiger partial charge >= 0.3 is 0 Å². The average molecular weight is 152 g/mol. The lowest BCUT2D eigenvalue weighted by molar-refractivity contribution is 0.142. The number of nitrogens with zero attached hydrogens (tertiary/aromatic N) is 1. The number of hydrogen-bond acceptors (Lipinski definition) is 2. The van der Waals surface area contributed by atoms with Crippen molar-refractivity contribution < 1.29 is 0 Å². The molecule has 0 aromatic heterocycles. The largest absolute Gasteiger partial charge is 0.340 e. The lowest BCUT2D eigenvalue weighted by Gasteiger charge is -2.51. The minimum atomic E-state index is 0.784. The van der Waals surface area contributed by atoms with Gasteiger partial charge in [0.15, 0.2) is 0 Å². The predicted molar refractivity (Wildman–Crippen MR) is 49.1 cm³/mol. The van der Waals surface area contributed by atoms with Crippen LogP contribution in [0.3, 0.4) is 0 Å². The van der Waals surface area contributed by atoms with E-state index in [4.69, 9.17) is 0 Å². The summed E-state index contributed by atoms with van der Waals surface area (Å²) in [6, 6.07) is 2.52. The molecule has 0 aliphatic carbocycles. The molecule has 2 rings (SSSR count). The van der Waals surface area contributed by atoms with Crippen molar-refractivity contribution in [2.45, 2.75) is 44.2 Å². The van der Waals surface area contributed by atoms with E-state index in [9.17, 15) is 0 Å². The smallest absolute Gasteiger partial charge is 0.206 e. The Morgan fingerprint density at radius 1 is 1.45 bits per heavy atom. The van der Waals surface area contributed by atoms with Gasteiger partial charge in [0.25, 0.3) is 0 Å². The SMILES string of the molecule is CN[C@H]1C[C@@H]2CBN2[C@H](C)C1. The maximum atomic E-state index is 3.39. The molecule has 2 fully saturated rings. The number of rotatable bonds is 1. The highest BCUT2D eigenvalue weighted by Crippen LogP contribution is 2.31. The first-order valence-electron chi connectivity index (χ1n) is 4.74. The van der Waals surface area contributed by atoms with Gasteiger partial charge in [0.05, 0.1) is 0 Å². The van der Waals surface area contributed by atoms with E-state index in [2.05, 4.69) is 24.1 Å². The standard InChI is InChI=1S/C8H17BN2/c1-6-3-7(10-2)4-8-5-9-11(6)8/h6-10H,3-5H2,1-2H3/t6-,7-,8-/m1/s1. The van der Waals surface area contributed by atoms with Gasteiger partial charge in [0, 0.05) is 6.04 Å². The summed E-state index contributed by atoms with van der Waals surface area (Å²) in [5.41, 5.74) is 0. The number of nitrogens with one attached hydrogen (secondary N) is 1. The maximum absolute atomic E-state index is 3.39. The van der Waals surface area contributed by atoms with Crippen molar-refractivity contribution in [1.29, 1.82) is 0 Å². The molecule has 2 aliphatic rings. The summed E-state index contributed by atoms with van der Waals surface area (Å²) >= 11 is 0. The Balaban J connectivity index is 1.95. The van der Waals surface area contributed by atoms with E-state index < -0.39 is 0 Å². The third-order valence-electron chi connectivity index (χ3n) is 3.35. The molecule has 0 bridgehead atoms. The van der Waals surface area contributed by atoms with E-state index in [1.165, 1.54) is 26.6 Å². The van der Waals surface area contributed by atoms with E-state index in [1.807, 2.05) is 0 Å². The molecule has 2 heterocycles. The molecule has 3 atom stereocenters. The quantitative estimate of drug-likeness (QED) is 0.540. The van der Waals surface area contributed by atoms with Crippen LogP contribution in [-0.2, 0) is 0 Å². The summed E-state index contributed by atoms with van der Waals surface area (Å²) in [4.78, 5) is 2.65. The zero-order valence-electron chi connectivity index (χ0n) is 7.51. The monoisotopic (exact) mass is 152 g/mol. The summed E-state index contributed by atoms with van der Waals surface area (Å²) in [7, 11) is 3.44. The molecular formula is C8H17BN2. The van der Waals surface area contributed by atoms with Gasteiger partial charge in [-0.3, -0.25) is 0 Å². The topological polar surface area (TPSA) is 15.3 Å². The second-order valence-electron chi connectivity index (χ2n) is 3.99. The van der Waals surface area contributed by atoms with Crippen LogP contribution in [0.25, 0.3) is 0 Å². The van der Waals surface area contributed by atoms with E-state index in [0.717, 1.165) is 18.1 Å². The van der Waals surface area contributed by atoms with Crippen LogP contribution in [0.15, 0.2) is 0 Å². The Morgan fingerprint density at radius 3 is 2.73 bits per heavy atom. The number of hydrogen-bond donors (Lipinski definition) is 1. The van der Waals surface area contributed by atoms with Crippen LogP contribution < -0.4 is 5.32 Å². The van der Waals surface area contributed by atoms with Gasteiger partial charge in [-0.1, -0.05) is 6.92 Å². The first-order chi connectivity index (χ1) is 5.31. The molecule has 2 saturated heterocycles. The Morgan fingerprint density at radius 2 is 2.27 bits per heavy atom. The Bertz CT molecular complexity index is 140. The molecule has 0 aromatic rings. The maximum Gasteiger partial charge on any atom is 0.206 e. The fourth-order valence-electron chi connectivity index (χ4n) is 2.50. The second kappa shape index (κ2) is 2.79. The van der Waals surface area contributed by atoms with Crippen LogP contribution in [0.5, 0.6) is 0 Å². The average Bonchev–Trinajstić information content (AvgIpc) is 1.93. The third kappa shape index (κ3) is 1.21. The fourth-order valence-corrected chi connectivity index (χ4v) is 2.50. The first kappa shape index (κ1) is 7.62. The highest BCUT2D eigenvalue weighted by Gasteiger charge is 2.38. The Labute approximate surface area is 69.6 Å². The van der Waals surface area contributed by atoms with Crippen LogP contribution in [0.2, 0.25) is 6.32 Å². The van der Waals surface area contributed by atoms with Gasteiger partial charge in [-0.15, -0.1) is 0 Å². The Hall–Kier alpha value is -0.0151. The van der Waals surface area contributed by atoms with Crippen molar-refractivity contribution in [2.24, 2.45) is 0 Å². The van der Waals surface area contributed by atoms with E-state index in [-0.39, 0.29) is 0 Å². The highest BCUT2D eigenvalue weighted by molar-refractivity contribution is 6.36. The van der Waals surface area contributed by atoms with Gasteiger partial charge in [-0.2, -0.15) is 0 Å². The molecule has 0 unspecified atom stereocenters. The lowest BCUT2D eigenvalue weighted by Crippen LogP contribution is -2.60. The zero-order valence-corrected chi connectivity index (χ0v) is 7.51. The lowest BCUT2D eigenvalue weighted by atomic mass is 9.63. The van der Waals surface area contributed by atoms with Gasteiger partial charge in [0.2, 0.25) is 7.41 Å². The van der Waals surface area contributed by atoms with Gasteiger partial charge < -0.3 is 10.1 Å². The molecule has 0 amide bonds. The van der Waals surface area contributed by atoms with Crippen molar-refractivity contribution in [1.82, 2.24) is 10.1 Å². The van der Waals surface area contributed by atoms with Crippen LogP contribution in [0.4, 0.5) is 0 Å². The molecule has 0 spiro atoms. The minimum absolute atomic E-state index is 0.784. The molecule has 62 valence electrons. The normalized spacial score (nSPS) is 44.0. The van der Waals surface area contributed by atoms with Crippen molar-refractivity contribution in [3.63, 3.8) is 0 Å². The van der Waals surface area contributed by atoms with Crippen molar-refractivity contribution in [3.05, 3.63) is 0 Å². The van der Waals surface area contributed by atoms with Gasteiger partial charge in [0.1, 0.15) is 0 Å². The van der Waals surface area contributed by atoms with Gasteiger partial charge in [-0.25, -0.2) is 0 Å². The summed E-state index contributed by atoms with van der Waals surface area (Å²) in [5, 5.41) is 3.39. The van der Waals surface area contributed by atoms with Crippen LogP contribution in [-0.4, -0.2) is 37.4 Å². The van der Waals surface area contributed by atoms with Crippen molar-refractivity contribution in [3.8, 4) is 0 Å². The van der Waals surface area contributed by atoms with Crippen LogP contribution in [0, 0.1) is 0 Å². The number of fused-ring (bicyclic) bond motifs is 1. The summed E-state index contributed by atoms with van der Waals surface area (Å²) in [5.74, 6) is 0. The summed E-state index contributed by atoms with van der Waals surface area (Å²) < 4.78 is 0. The molecule has 11 heavy (non-hydrogen) atoms. The molecule has 2 nitrogen and oxygen atoms in total. The second-order valence-corrected chi connectivity index (χ2v) is 3.99. The molecular weight excluding hydrogens is 135 g/mol. The van der Waals surface area contributed by atoms with E-state index in [0.29, 0.717) is 0 Å². The van der Waals surface area contributed by atoms with Gasteiger partial charge in [-0.05, 0) is 38.3 Å². The van der Waals surface area contributed by atoms with Crippen molar-refractivity contribution in [2.75, 3.05) is 7.05 Å².